The van der Waals surface area contributed by atoms with E-state index in [0.29, 0.717) is 0 Å². The van der Waals surface area contributed by atoms with E-state index < -0.39 is 52.8 Å². The highest BCUT2D eigenvalue weighted by Crippen LogP contribution is 2.53. The first-order valence-corrected chi connectivity index (χ1v) is 9.04. The summed E-state index contributed by atoms with van der Waals surface area (Å²) >= 11 is 0. The van der Waals surface area contributed by atoms with E-state index in [1.807, 2.05) is 0 Å². The average Bonchev–Trinajstić information content (AvgIpc) is 2.50. The van der Waals surface area contributed by atoms with Gasteiger partial charge in [-0.15, -0.1) is 0 Å². The van der Waals surface area contributed by atoms with Gasteiger partial charge in [-0.3, -0.25) is 4.79 Å². The van der Waals surface area contributed by atoms with Crippen LogP contribution in [0.4, 0.5) is 39.5 Å². The maximum absolute atomic E-state index is 13.2. The number of ether oxygens (including phenoxy) is 1. The number of hydrogen-bond donors (Lipinski definition) is 0. The van der Waals surface area contributed by atoms with Crippen molar-refractivity contribution in [2.24, 2.45) is 0 Å². The quantitative estimate of drug-likeness (QED) is 0.449. The smallest absolute Gasteiger partial charge is 0.459 e. The highest BCUT2D eigenvalue weighted by Gasteiger charge is 2.81. The molecule has 0 aromatic carbocycles. The normalized spacial score (nSPS) is 19.7. The lowest BCUT2D eigenvalue weighted by Crippen LogP contribution is -2.62. The minimum absolute atomic E-state index is 0.0155. The summed E-state index contributed by atoms with van der Waals surface area (Å²) < 4.78 is 139. The summed E-state index contributed by atoms with van der Waals surface area (Å²) in [7, 11) is -3.23. The third kappa shape index (κ3) is 5.39. The third-order valence-corrected chi connectivity index (χ3v) is 5.30. The molecule has 5 nitrogen and oxygen atoms in total. The summed E-state index contributed by atoms with van der Waals surface area (Å²) in [5.41, 5.74) is 0. The molecule has 1 heterocycles. The molecule has 1 aliphatic rings. The van der Waals surface area contributed by atoms with Gasteiger partial charge in [-0.05, 0) is 0 Å². The average molecular weight is 439 g/mol. The zero-order chi connectivity index (χ0) is 21.3. The molecule has 0 atom stereocenters. The Bertz CT molecular complexity index is 634. The van der Waals surface area contributed by atoms with Gasteiger partial charge in [0.15, 0.2) is 16.4 Å². The van der Waals surface area contributed by atoms with Gasteiger partial charge in [0, 0.05) is 19.6 Å². The van der Waals surface area contributed by atoms with Crippen molar-refractivity contribution < 1.29 is 57.5 Å². The Balaban J connectivity index is 2.59. The predicted octanol–water partition coefficient (Wildman–Crippen LogP) is 2.12. The molecule has 1 fully saturated rings. The Morgan fingerprint density at radius 2 is 1.37 bits per heavy atom. The van der Waals surface area contributed by atoms with E-state index in [4.69, 9.17) is 0 Å². The molecule has 0 bridgehead atoms. The molecule has 0 aliphatic carbocycles. The summed E-state index contributed by atoms with van der Waals surface area (Å²) in [6.45, 7) is -2.85. The molecule has 0 aromatic rings. The first-order valence-electron chi connectivity index (χ1n) is 7.21. The van der Waals surface area contributed by atoms with Crippen LogP contribution < -0.4 is 0 Å². The first kappa shape index (κ1) is 23.8. The highest BCUT2D eigenvalue weighted by atomic mass is 32.2. The molecular formula is C12H14F9NO4S. The maximum Gasteiger partial charge on any atom is 0.460 e. The standard InChI is InChI=1S/C12H14F9NO4S/c13-9(14,10(15,16)11(17,18)12(19,20)21)7-26-8(23)1-2-22-3-5-27(24,25)6-4-22/h1-7H2. The minimum atomic E-state index is -7.05. The number of sulfone groups is 1. The fourth-order valence-corrected chi connectivity index (χ4v) is 3.24. The van der Waals surface area contributed by atoms with Crippen molar-refractivity contribution in [2.45, 2.75) is 30.4 Å². The van der Waals surface area contributed by atoms with Crippen molar-refractivity contribution in [1.29, 1.82) is 0 Å². The molecule has 1 rings (SSSR count). The molecule has 0 saturated carbocycles. The molecule has 0 spiro atoms. The van der Waals surface area contributed by atoms with Crippen LogP contribution in [0, 0.1) is 0 Å². The number of esters is 1. The fraction of sp³-hybridized carbons (Fsp3) is 0.917. The van der Waals surface area contributed by atoms with Crippen molar-refractivity contribution in [1.82, 2.24) is 4.90 Å². The van der Waals surface area contributed by atoms with Crippen molar-refractivity contribution in [3.63, 3.8) is 0 Å². The summed E-state index contributed by atoms with van der Waals surface area (Å²) in [6, 6.07) is 0. The molecule has 15 heteroatoms. The lowest BCUT2D eigenvalue weighted by molar-refractivity contribution is -0.398. The number of nitrogens with zero attached hydrogens (tertiary/aromatic N) is 1. The van der Waals surface area contributed by atoms with Crippen LogP contribution in [0.25, 0.3) is 0 Å². The SMILES string of the molecule is O=C(CCN1CCS(=O)(=O)CC1)OCC(F)(F)C(F)(F)C(F)(F)C(F)(F)F. The molecule has 0 amide bonds. The Labute approximate surface area is 147 Å². The van der Waals surface area contributed by atoms with E-state index in [0.717, 1.165) is 0 Å². The van der Waals surface area contributed by atoms with Gasteiger partial charge in [0.05, 0.1) is 17.9 Å². The first-order chi connectivity index (χ1) is 11.9. The molecule has 160 valence electrons. The second-order valence-electron chi connectivity index (χ2n) is 5.76. The monoisotopic (exact) mass is 439 g/mol. The summed E-state index contributed by atoms with van der Waals surface area (Å²) in [5.74, 6) is -21.9. The second kappa shape index (κ2) is 7.64. The van der Waals surface area contributed by atoms with Gasteiger partial charge in [-0.2, -0.15) is 39.5 Å². The van der Waals surface area contributed by atoms with Crippen molar-refractivity contribution in [3.05, 3.63) is 0 Å². The van der Waals surface area contributed by atoms with Crippen LogP contribution in [0.3, 0.4) is 0 Å². The van der Waals surface area contributed by atoms with Gasteiger partial charge in [0.2, 0.25) is 0 Å². The van der Waals surface area contributed by atoms with E-state index in [2.05, 4.69) is 4.74 Å². The summed E-state index contributed by atoms with van der Waals surface area (Å²) in [5, 5.41) is 0. The van der Waals surface area contributed by atoms with E-state index >= 15 is 0 Å². The number of hydrogen-bond acceptors (Lipinski definition) is 5. The largest absolute Gasteiger partial charge is 0.460 e. The minimum Gasteiger partial charge on any atom is -0.459 e. The molecule has 0 radical (unpaired) electrons. The topological polar surface area (TPSA) is 63.7 Å². The van der Waals surface area contributed by atoms with Gasteiger partial charge in [0.25, 0.3) is 0 Å². The molecule has 1 saturated heterocycles. The highest BCUT2D eigenvalue weighted by molar-refractivity contribution is 7.91. The van der Waals surface area contributed by atoms with Gasteiger partial charge in [-0.1, -0.05) is 0 Å². The van der Waals surface area contributed by atoms with Crippen LogP contribution in [-0.4, -0.2) is 81.0 Å². The number of rotatable bonds is 7. The van der Waals surface area contributed by atoms with Crippen LogP contribution >= 0.6 is 0 Å². The second-order valence-corrected chi connectivity index (χ2v) is 8.06. The number of alkyl halides is 9. The van der Waals surface area contributed by atoms with Gasteiger partial charge in [0.1, 0.15) is 0 Å². The number of carbonyl (C=O) groups is 1. The maximum atomic E-state index is 13.2. The lowest BCUT2D eigenvalue weighted by atomic mass is 10.0. The van der Waals surface area contributed by atoms with Gasteiger partial charge in [-0.25, -0.2) is 8.42 Å². The third-order valence-electron chi connectivity index (χ3n) is 3.69. The zero-order valence-electron chi connectivity index (χ0n) is 13.3. The Kier molecular flexibility index (Phi) is 6.73. The fourth-order valence-electron chi connectivity index (χ4n) is 1.96. The molecule has 0 unspecified atom stereocenters. The molecule has 27 heavy (non-hydrogen) atoms. The van der Waals surface area contributed by atoms with Crippen LogP contribution in [0.5, 0.6) is 0 Å². The molecular weight excluding hydrogens is 425 g/mol. The molecule has 0 aromatic heterocycles. The summed E-state index contributed by atoms with van der Waals surface area (Å²) in [4.78, 5) is 12.7. The van der Waals surface area contributed by atoms with Gasteiger partial charge >= 0.3 is 29.9 Å². The van der Waals surface area contributed by atoms with Crippen molar-refractivity contribution in [2.75, 3.05) is 37.7 Å². The Hall–Kier alpha value is -1.25. The van der Waals surface area contributed by atoms with Gasteiger partial charge < -0.3 is 9.64 Å². The van der Waals surface area contributed by atoms with E-state index in [-0.39, 0.29) is 31.1 Å². The number of halogens is 9. The van der Waals surface area contributed by atoms with Crippen LogP contribution in [-0.2, 0) is 19.4 Å². The van der Waals surface area contributed by atoms with Crippen molar-refractivity contribution >= 4 is 15.8 Å². The van der Waals surface area contributed by atoms with E-state index in [1.54, 1.807) is 0 Å². The van der Waals surface area contributed by atoms with Crippen LogP contribution in [0.1, 0.15) is 6.42 Å². The summed E-state index contributed by atoms with van der Waals surface area (Å²) in [6.07, 6.45) is -7.63. The predicted molar refractivity (Wildman–Crippen MR) is 71.6 cm³/mol. The van der Waals surface area contributed by atoms with E-state index in [9.17, 15) is 52.7 Å². The number of carbonyl (C=O) groups excluding carboxylic acids is 1. The lowest BCUT2D eigenvalue weighted by Gasteiger charge is -2.33. The van der Waals surface area contributed by atoms with Crippen LogP contribution in [0.2, 0.25) is 0 Å². The van der Waals surface area contributed by atoms with Crippen molar-refractivity contribution in [3.8, 4) is 0 Å². The Morgan fingerprint density at radius 1 is 0.889 bits per heavy atom. The Morgan fingerprint density at radius 3 is 1.81 bits per heavy atom. The van der Waals surface area contributed by atoms with E-state index in [1.165, 1.54) is 4.90 Å². The molecule has 1 aliphatic heterocycles. The van der Waals surface area contributed by atoms with Crippen LogP contribution in [0.15, 0.2) is 0 Å². The molecule has 0 N–H and O–H groups in total. The zero-order valence-corrected chi connectivity index (χ0v) is 14.2.